The van der Waals surface area contributed by atoms with Crippen LogP contribution >= 0.6 is 0 Å². The molecule has 1 atom stereocenters. The van der Waals surface area contributed by atoms with Gasteiger partial charge in [-0.1, -0.05) is 29.8 Å². The van der Waals surface area contributed by atoms with Gasteiger partial charge in [-0.05, 0) is 43.7 Å². The van der Waals surface area contributed by atoms with Crippen molar-refractivity contribution in [3.63, 3.8) is 0 Å². The molecule has 2 amide bonds. The van der Waals surface area contributed by atoms with E-state index in [1.54, 1.807) is 34.9 Å². The molecule has 1 unspecified atom stereocenters. The van der Waals surface area contributed by atoms with Crippen molar-refractivity contribution < 1.29 is 22.8 Å². The molecular weight excluding hydrogens is 419 g/mol. The molecule has 2 aliphatic heterocycles. The number of halogens is 3. The van der Waals surface area contributed by atoms with E-state index in [4.69, 9.17) is 0 Å². The molecule has 0 saturated carbocycles. The molecule has 0 radical (unpaired) electrons. The van der Waals surface area contributed by atoms with Gasteiger partial charge in [-0.3, -0.25) is 14.9 Å². The zero-order valence-corrected chi connectivity index (χ0v) is 18.1. The summed E-state index contributed by atoms with van der Waals surface area (Å²) >= 11 is 0. The van der Waals surface area contributed by atoms with E-state index in [2.05, 4.69) is 5.32 Å². The molecule has 2 aromatic rings. The maximum atomic E-state index is 13.1. The van der Waals surface area contributed by atoms with Crippen molar-refractivity contribution in [2.75, 3.05) is 13.1 Å². The lowest BCUT2D eigenvalue weighted by Gasteiger charge is -2.44. The van der Waals surface area contributed by atoms with Crippen LogP contribution in [0.4, 0.5) is 13.2 Å². The summed E-state index contributed by atoms with van der Waals surface area (Å²) in [5.74, 6) is -0.192. The number of alkyl halides is 3. The number of carbonyl (C=O) groups is 2. The number of aryl methyl sites for hydroxylation is 1. The fourth-order valence-electron chi connectivity index (χ4n) is 4.62. The van der Waals surface area contributed by atoms with Crippen molar-refractivity contribution >= 4 is 11.8 Å². The molecule has 32 heavy (non-hydrogen) atoms. The highest BCUT2D eigenvalue weighted by Gasteiger charge is 2.50. The minimum absolute atomic E-state index is 0.0540. The average Bonchev–Trinajstić information content (AvgIpc) is 2.98. The highest BCUT2D eigenvalue weighted by molar-refractivity contribution is 5.94. The van der Waals surface area contributed by atoms with Gasteiger partial charge < -0.3 is 9.80 Å². The summed E-state index contributed by atoms with van der Waals surface area (Å²) < 4.78 is 39.4. The molecule has 0 aromatic heterocycles. The van der Waals surface area contributed by atoms with Crippen LogP contribution in [0.15, 0.2) is 48.5 Å². The summed E-state index contributed by atoms with van der Waals surface area (Å²) in [6, 6.07) is 12.1. The molecule has 2 fully saturated rings. The maximum absolute atomic E-state index is 13.1. The SMILES string of the molecule is Cc1ccc(C(=O)N2CCC3(CC2)NC(C)C(=O)N3Cc2cccc(C(F)(F)F)c2)cc1. The van der Waals surface area contributed by atoms with Gasteiger partial charge in [0.2, 0.25) is 5.91 Å². The second-order valence-corrected chi connectivity index (χ2v) is 8.68. The number of hydrogen-bond acceptors (Lipinski definition) is 3. The summed E-state index contributed by atoms with van der Waals surface area (Å²) in [6.07, 6.45) is -3.41. The number of rotatable bonds is 3. The topological polar surface area (TPSA) is 52.7 Å². The maximum Gasteiger partial charge on any atom is 0.416 e. The van der Waals surface area contributed by atoms with Crippen LogP contribution in [0.5, 0.6) is 0 Å². The van der Waals surface area contributed by atoms with Gasteiger partial charge in [-0.25, -0.2) is 0 Å². The van der Waals surface area contributed by atoms with E-state index in [1.807, 2.05) is 19.1 Å². The molecule has 8 heteroatoms. The lowest BCUT2D eigenvalue weighted by Crippen LogP contribution is -2.59. The van der Waals surface area contributed by atoms with E-state index >= 15 is 0 Å². The van der Waals surface area contributed by atoms with E-state index in [1.165, 1.54) is 6.07 Å². The fourth-order valence-corrected chi connectivity index (χ4v) is 4.62. The second-order valence-electron chi connectivity index (χ2n) is 8.68. The Morgan fingerprint density at radius 2 is 1.78 bits per heavy atom. The Bertz CT molecular complexity index is 1010. The highest BCUT2D eigenvalue weighted by Crippen LogP contribution is 2.35. The third kappa shape index (κ3) is 4.24. The predicted octanol–water partition coefficient (Wildman–Crippen LogP) is 3.97. The molecule has 170 valence electrons. The first-order chi connectivity index (χ1) is 15.1. The Morgan fingerprint density at radius 3 is 2.41 bits per heavy atom. The van der Waals surface area contributed by atoms with Crippen LogP contribution in [0.2, 0.25) is 0 Å². The molecule has 1 N–H and O–H groups in total. The zero-order valence-electron chi connectivity index (χ0n) is 18.1. The third-order valence-corrected chi connectivity index (χ3v) is 6.41. The number of likely N-dealkylation sites (tertiary alicyclic amines) is 1. The summed E-state index contributed by atoms with van der Waals surface area (Å²) in [7, 11) is 0. The van der Waals surface area contributed by atoms with Crippen molar-refractivity contribution in [1.29, 1.82) is 0 Å². The number of nitrogens with one attached hydrogen (secondary N) is 1. The summed E-state index contributed by atoms with van der Waals surface area (Å²) in [5.41, 5.74) is 0.731. The first kappa shape index (κ1) is 22.3. The molecule has 0 aliphatic carbocycles. The number of hydrogen-bond donors (Lipinski definition) is 1. The molecule has 5 nitrogen and oxygen atoms in total. The lowest BCUT2D eigenvalue weighted by molar-refractivity contribution is -0.137. The second kappa shape index (κ2) is 8.24. The molecule has 4 rings (SSSR count). The molecule has 0 bridgehead atoms. The van der Waals surface area contributed by atoms with Crippen LogP contribution < -0.4 is 5.32 Å². The van der Waals surface area contributed by atoms with Crippen LogP contribution in [0.3, 0.4) is 0 Å². The molecule has 2 aliphatic rings. The van der Waals surface area contributed by atoms with E-state index < -0.39 is 23.4 Å². The lowest BCUT2D eigenvalue weighted by atomic mass is 9.94. The Hall–Kier alpha value is -2.87. The fraction of sp³-hybridized carbons (Fsp3) is 0.417. The van der Waals surface area contributed by atoms with E-state index in [0.717, 1.165) is 17.7 Å². The number of piperidine rings is 1. The van der Waals surface area contributed by atoms with Crippen LogP contribution in [0, 0.1) is 6.92 Å². The molecule has 2 heterocycles. The summed E-state index contributed by atoms with van der Waals surface area (Å²) in [6.45, 7) is 4.73. The van der Waals surface area contributed by atoms with Gasteiger partial charge >= 0.3 is 6.18 Å². The molecule has 2 saturated heterocycles. The third-order valence-electron chi connectivity index (χ3n) is 6.41. The average molecular weight is 445 g/mol. The normalized spacial score (nSPS) is 20.8. The zero-order chi connectivity index (χ0) is 23.1. The number of amides is 2. The van der Waals surface area contributed by atoms with Crippen molar-refractivity contribution in [1.82, 2.24) is 15.1 Å². The standard InChI is InChI=1S/C24H26F3N3O2/c1-16-6-8-19(9-7-16)22(32)29-12-10-23(11-13-29)28-17(2)21(31)30(23)15-18-4-3-5-20(14-18)24(25,26)27/h3-9,14,17,28H,10-13,15H2,1-2H3. The van der Waals surface area contributed by atoms with E-state index in [9.17, 15) is 22.8 Å². The van der Waals surface area contributed by atoms with Gasteiger partial charge in [-0.15, -0.1) is 0 Å². The van der Waals surface area contributed by atoms with Gasteiger partial charge in [0.15, 0.2) is 0 Å². The Balaban J connectivity index is 1.50. The van der Waals surface area contributed by atoms with Crippen LogP contribution in [0.1, 0.15) is 46.8 Å². The minimum Gasteiger partial charge on any atom is -0.338 e. The molecule has 1 spiro atoms. The summed E-state index contributed by atoms with van der Waals surface area (Å²) in [5, 5.41) is 3.36. The number of nitrogens with zero attached hydrogens (tertiary/aromatic N) is 2. The first-order valence-corrected chi connectivity index (χ1v) is 10.7. The Kier molecular flexibility index (Phi) is 5.75. The van der Waals surface area contributed by atoms with Gasteiger partial charge in [-0.2, -0.15) is 13.2 Å². The first-order valence-electron chi connectivity index (χ1n) is 10.7. The van der Waals surface area contributed by atoms with Gasteiger partial charge in [0.25, 0.3) is 5.91 Å². The van der Waals surface area contributed by atoms with E-state index in [0.29, 0.717) is 37.1 Å². The predicted molar refractivity (Wildman–Crippen MR) is 114 cm³/mol. The Morgan fingerprint density at radius 1 is 1.12 bits per heavy atom. The van der Waals surface area contributed by atoms with Gasteiger partial charge in [0.1, 0.15) is 0 Å². The largest absolute Gasteiger partial charge is 0.416 e. The summed E-state index contributed by atoms with van der Waals surface area (Å²) in [4.78, 5) is 29.2. The van der Waals surface area contributed by atoms with Crippen LogP contribution in [0.25, 0.3) is 0 Å². The van der Waals surface area contributed by atoms with E-state index in [-0.39, 0.29) is 18.4 Å². The number of carbonyl (C=O) groups excluding carboxylic acids is 2. The quantitative estimate of drug-likeness (QED) is 0.778. The van der Waals surface area contributed by atoms with Crippen LogP contribution in [-0.4, -0.2) is 46.4 Å². The van der Waals surface area contributed by atoms with Crippen molar-refractivity contribution in [2.45, 2.75) is 51.1 Å². The molecular formula is C24H26F3N3O2. The number of benzene rings is 2. The minimum atomic E-state index is -4.43. The van der Waals surface area contributed by atoms with Crippen molar-refractivity contribution in [3.05, 3.63) is 70.8 Å². The Labute approximate surface area is 185 Å². The van der Waals surface area contributed by atoms with Gasteiger partial charge in [0, 0.05) is 38.0 Å². The smallest absolute Gasteiger partial charge is 0.338 e. The molecule has 2 aromatic carbocycles. The van der Waals surface area contributed by atoms with Crippen molar-refractivity contribution in [3.8, 4) is 0 Å². The highest BCUT2D eigenvalue weighted by atomic mass is 19.4. The monoisotopic (exact) mass is 445 g/mol. The van der Waals surface area contributed by atoms with Gasteiger partial charge in [0.05, 0.1) is 17.3 Å². The van der Waals surface area contributed by atoms with Crippen LogP contribution in [-0.2, 0) is 17.5 Å². The van der Waals surface area contributed by atoms with Crippen molar-refractivity contribution in [2.24, 2.45) is 0 Å².